The van der Waals surface area contributed by atoms with Crippen LogP contribution in [0.5, 0.6) is 0 Å². The number of nitrogens with zero attached hydrogens (tertiary/aromatic N) is 3. The first-order chi connectivity index (χ1) is 9.00. The van der Waals surface area contributed by atoms with Gasteiger partial charge in [0.2, 0.25) is 5.95 Å². The number of rotatable bonds is 4. The lowest BCUT2D eigenvalue weighted by atomic mass is 10.3. The van der Waals surface area contributed by atoms with E-state index in [-0.39, 0.29) is 22.5 Å². The normalized spacial score (nSPS) is 10.6. The molecule has 2 aromatic rings. The summed E-state index contributed by atoms with van der Waals surface area (Å²) in [6, 6.07) is 4.45. The zero-order valence-electron chi connectivity index (χ0n) is 9.38. The smallest absolute Gasteiger partial charge is 0.313 e. The summed E-state index contributed by atoms with van der Waals surface area (Å²) in [5.74, 6) is -1.76. The molecule has 0 unspecified atom stereocenters. The Hall–Kier alpha value is -1.61. The van der Waals surface area contributed by atoms with Crippen LogP contribution < -0.4 is 5.73 Å². The maximum Gasteiger partial charge on any atom is 0.313 e. The van der Waals surface area contributed by atoms with Gasteiger partial charge in [0.25, 0.3) is 0 Å². The maximum atomic E-state index is 13.9. The van der Waals surface area contributed by atoms with Gasteiger partial charge in [0.15, 0.2) is 5.16 Å². The Balaban J connectivity index is 2.49. The number of carbonyl (C=O) groups is 1. The van der Waals surface area contributed by atoms with E-state index in [0.29, 0.717) is 4.47 Å². The summed E-state index contributed by atoms with van der Waals surface area (Å²) in [6.45, 7) is 0. The van der Waals surface area contributed by atoms with E-state index in [4.69, 9.17) is 10.8 Å². The lowest BCUT2D eigenvalue weighted by Crippen LogP contribution is -2.07. The number of hydrogen-bond acceptors (Lipinski definition) is 5. The summed E-state index contributed by atoms with van der Waals surface area (Å²) < 4.78 is 15.6. The van der Waals surface area contributed by atoms with Gasteiger partial charge in [-0.2, -0.15) is 0 Å². The van der Waals surface area contributed by atoms with Crippen LogP contribution in [0, 0.1) is 5.82 Å². The Kier molecular flexibility index (Phi) is 4.05. The van der Waals surface area contributed by atoms with Gasteiger partial charge in [-0.3, -0.25) is 9.36 Å². The molecule has 6 nitrogen and oxygen atoms in total. The zero-order valence-corrected chi connectivity index (χ0v) is 11.8. The van der Waals surface area contributed by atoms with Crippen LogP contribution in [0.2, 0.25) is 0 Å². The topological polar surface area (TPSA) is 94.0 Å². The molecule has 9 heteroatoms. The number of carboxylic acid groups (broad SMARTS) is 1. The average molecular weight is 347 g/mol. The maximum absolute atomic E-state index is 13.9. The van der Waals surface area contributed by atoms with E-state index in [2.05, 4.69) is 26.1 Å². The van der Waals surface area contributed by atoms with Crippen LogP contribution in [0.1, 0.15) is 0 Å². The third-order valence-electron chi connectivity index (χ3n) is 2.14. The molecule has 0 atom stereocenters. The van der Waals surface area contributed by atoms with E-state index in [1.165, 1.54) is 16.7 Å². The molecule has 2 rings (SSSR count). The summed E-state index contributed by atoms with van der Waals surface area (Å²) in [6.07, 6.45) is 0. The number of benzene rings is 1. The number of nitrogen functional groups attached to an aromatic ring is 1. The van der Waals surface area contributed by atoms with Gasteiger partial charge in [-0.1, -0.05) is 17.8 Å². The van der Waals surface area contributed by atoms with Crippen molar-refractivity contribution in [2.45, 2.75) is 5.16 Å². The van der Waals surface area contributed by atoms with Crippen molar-refractivity contribution in [2.24, 2.45) is 0 Å². The molecule has 1 heterocycles. The van der Waals surface area contributed by atoms with Gasteiger partial charge in [-0.15, -0.1) is 10.2 Å². The van der Waals surface area contributed by atoms with E-state index in [9.17, 15) is 9.18 Å². The van der Waals surface area contributed by atoms with Gasteiger partial charge in [-0.05, 0) is 28.1 Å². The molecule has 0 radical (unpaired) electrons. The van der Waals surface area contributed by atoms with Gasteiger partial charge in [0.1, 0.15) is 11.5 Å². The van der Waals surface area contributed by atoms with Crippen LogP contribution in [0.15, 0.2) is 27.8 Å². The van der Waals surface area contributed by atoms with Crippen LogP contribution >= 0.6 is 27.7 Å². The number of thioether (sulfide) groups is 1. The largest absolute Gasteiger partial charge is 0.481 e. The van der Waals surface area contributed by atoms with Crippen molar-refractivity contribution in [1.29, 1.82) is 0 Å². The lowest BCUT2D eigenvalue weighted by Gasteiger charge is -2.10. The van der Waals surface area contributed by atoms with Crippen molar-refractivity contribution in [3.05, 3.63) is 28.5 Å². The number of anilines is 1. The van der Waals surface area contributed by atoms with Crippen molar-refractivity contribution in [1.82, 2.24) is 14.8 Å². The van der Waals surface area contributed by atoms with E-state index < -0.39 is 11.8 Å². The van der Waals surface area contributed by atoms with Crippen LogP contribution in [-0.4, -0.2) is 31.6 Å². The summed E-state index contributed by atoms with van der Waals surface area (Å²) in [5, 5.41) is 16.3. The second-order valence-electron chi connectivity index (χ2n) is 3.43. The first kappa shape index (κ1) is 13.8. The number of aromatic nitrogens is 3. The first-order valence-corrected chi connectivity index (χ1v) is 6.78. The Morgan fingerprint density at radius 1 is 1.53 bits per heavy atom. The van der Waals surface area contributed by atoms with Crippen LogP contribution in [0.4, 0.5) is 10.3 Å². The van der Waals surface area contributed by atoms with Gasteiger partial charge in [0, 0.05) is 4.47 Å². The first-order valence-electron chi connectivity index (χ1n) is 5.00. The predicted octanol–water partition coefficient (Wildman–Crippen LogP) is 1.93. The zero-order chi connectivity index (χ0) is 14.0. The predicted molar refractivity (Wildman–Crippen MR) is 71.8 cm³/mol. The molecule has 0 fully saturated rings. The van der Waals surface area contributed by atoms with E-state index in [1.807, 2.05) is 0 Å². The molecule has 0 aliphatic carbocycles. The van der Waals surface area contributed by atoms with Crippen molar-refractivity contribution in [2.75, 3.05) is 11.5 Å². The summed E-state index contributed by atoms with van der Waals surface area (Å²) >= 11 is 4.13. The van der Waals surface area contributed by atoms with Crippen LogP contribution in [0.25, 0.3) is 5.69 Å². The minimum Gasteiger partial charge on any atom is -0.481 e. The molecule has 0 aliphatic heterocycles. The highest BCUT2D eigenvalue weighted by atomic mass is 79.9. The van der Waals surface area contributed by atoms with Crippen molar-refractivity contribution < 1.29 is 14.3 Å². The van der Waals surface area contributed by atoms with E-state index >= 15 is 0 Å². The minimum absolute atomic E-state index is 0.0151. The monoisotopic (exact) mass is 346 g/mol. The average Bonchev–Trinajstić information content (AvgIpc) is 2.69. The number of carboxylic acids is 1. The Labute approximate surface area is 119 Å². The van der Waals surface area contributed by atoms with Crippen molar-refractivity contribution in [3.63, 3.8) is 0 Å². The molecule has 0 saturated carbocycles. The van der Waals surface area contributed by atoms with Crippen LogP contribution in [0.3, 0.4) is 0 Å². The summed E-state index contributed by atoms with van der Waals surface area (Å²) in [4.78, 5) is 10.6. The molecule has 0 amide bonds. The third-order valence-corrected chi connectivity index (χ3v) is 3.70. The molecule has 0 saturated heterocycles. The number of aliphatic carboxylic acids is 1. The number of hydrogen-bond donors (Lipinski definition) is 2. The molecule has 19 heavy (non-hydrogen) atoms. The molecule has 0 aliphatic rings. The molecule has 1 aromatic heterocycles. The van der Waals surface area contributed by atoms with E-state index in [1.54, 1.807) is 6.07 Å². The summed E-state index contributed by atoms with van der Waals surface area (Å²) in [5.41, 5.74) is 5.81. The Bertz CT molecular complexity index is 614. The molecule has 0 spiro atoms. The highest BCUT2D eigenvalue weighted by Gasteiger charge is 2.18. The fraction of sp³-hybridized carbons (Fsp3) is 0.100. The molecule has 100 valence electrons. The molecule has 1 aromatic carbocycles. The Morgan fingerprint density at radius 2 is 2.26 bits per heavy atom. The second-order valence-corrected chi connectivity index (χ2v) is 5.23. The molecular formula is C10H8BrFN4O2S. The highest BCUT2D eigenvalue weighted by Crippen LogP contribution is 2.30. The van der Waals surface area contributed by atoms with Gasteiger partial charge >= 0.3 is 5.97 Å². The van der Waals surface area contributed by atoms with Gasteiger partial charge in [-0.25, -0.2) is 4.39 Å². The number of halogens is 2. The van der Waals surface area contributed by atoms with E-state index in [0.717, 1.165) is 11.8 Å². The van der Waals surface area contributed by atoms with Crippen molar-refractivity contribution in [3.8, 4) is 5.69 Å². The quantitative estimate of drug-likeness (QED) is 0.821. The fourth-order valence-corrected chi connectivity index (χ4v) is 2.60. The highest BCUT2D eigenvalue weighted by molar-refractivity contribution is 9.10. The standard InChI is InChI=1S/C10H8BrFN4O2S/c11-5-2-1-3-6(12)8(5)16-9(13)14-15-10(16)19-4-7(17)18/h1-3H,4H2,(H2,13,14)(H,17,18). The van der Waals surface area contributed by atoms with Crippen molar-refractivity contribution >= 4 is 39.6 Å². The van der Waals surface area contributed by atoms with Gasteiger partial charge < -0.3 is 10.8 Å². The summed E-state index contributed by atoms with van der Waals surface area (Å²) in [7, 11) is 0. The molecule has 0 bridgehead atoms. The Morgan fingerprint density at radius 3 is 2.89 bits per heavy atom. The SMILES string of the molecule is Nc1nnc(SCC(=O)O)n1-c1c(F)cccc1Br. The molecule has 3 N–H and O–H groups in total. The van der Waals surface area contributed by atoms with Crippen LogP contribution in [-0.2, 0) is 4.79 Å². The lowest BCUT2D eigenvalue weighted by molar-refractivity contribution is -0.133. The third kappa shape index (κ3) is 2.87. The van der Waals surface area contributed by atoms with Gasteiger partial charge in [0.05, 0.1) is 5.75 Å². The second kappa shape index (κ2) is 5.57. The fourth-order valence-electron chi connectivity index (χ4n) is 1.41. The number of para-hydroxylation sites is 1. The number of nitrogens with two attached hydrogens (primary N) is 1. The molecular weight excluding hydrogens is 339 g/mol. The minimum atomic E-state index is -1.01.